The summed E-state index contributed by atoms with van der Waals surface area (Å²) in [4.78, 5) is 21.9. The number of alkyl halides is 3. The lowest BCUT2D eigenvalue weighted by molar-refractivity contribution is -0.177. The van der Waals surface area contributed by atoms with Crippen LogP contribution in [0.15, 0.2) is 23.3 Å². The molecule has 4 nitrogen and oxygen atoms in total. The highest BCUT2D eigenvalue weighted by atomic mass is 19.4. The highest BCUT2D eigenvalue weighted by Crippen LogP contribution is 2.20. The maximum Gasteiger partial charge on any atom is 0.411 e. The van der Waals surface area contributed by atoms with Crippen molar-refractivity contribution in [2.24, 2.45) is 5.92 Å². The van der Waals surface area contributed by atoms with Gasteiger partial charge in [-0.2, -0.15) is 13.2 Å². The summed E-state index contributed by atoms with van der Waals surface area (Å²) in [6, 6.07) is 0. The Kier molecular flexibility index (Phi) is 13.9. The lowest BCUT2D eigenvalue weighted by Crippen LogP contribution is -2.39. The van der Waals surface area contributed by atoms with E-state index >= 15 is 0 Å². The van der Waals surface area contributed by atoms with Crippen molar-refractivity contribution >= 4 is 12.7 Å². The first kappa shape index (κ1) is 26.6. The molecule has 152 valence electrons. The predicted octanol–water partition coefficient (Wildman–Crippen LogP) is 4.56. The summed E-state index contributed by atoms with van der Waals surface area (Å²) < 4.78 is 40.9. The smallest absolute Gasteiger partial charge is 0.362 e. The molecule has 0 aromatic heterocycles. The van der Waals surface area contributed by atoms with Crippen LogP contribution in [0.25, 0.3) is 0 Å². The van der Waals surface area contributed by atoms with E-state index in [1.165, 1.54) is 0 Å². The average Bonchev–Trinajstić information content (AvgIpc) is 2.56. The van der Waals surface area contributed by atoms with Gasteiger partial charge in [0.15, 0.2) is 0 Å². The van der Waals surface area contributed by atoms with Gasteiger partial charge in [0.1, 0.15) is 20.0 Å². The first-order valence-corrected chi connectivity index (χ1v) is 8.30. The van der Waals surface area contributed by atoms with E-state index in [4.69, 9.17) is 4.79 Å². The van der Waals surface area contributed by atoms with Gasteiger partial charge in [-0.15, -0.1) is 0 Å². The van der Waals surface area contributed by atoms with Gasteiger partial charge in [0.05, 0.1) is 0 Å². The van der Waals surface area contributed by atoms with E-state index in [1.807, 2.05) is 27.6 Å². The summed E-state index contributed by atoms with van der Waals surface area (Å²) in [5, 5.41) is 0. The molecule has 0 aromatic rings. The molecule has 0 aliphatic heterocycles. The zero-order chi connectivity index (χ0) is 19.5. The molecule has 1 aliphatic carbocycles. The number of halogens is 3. The van der Waals surface area contributed by atoms with E-state index in [-0.39, 0.29) is 13.3 Å². The van der Waals surface area contributed by atoms with Crippen molar-refractivity contribution in [3.05, 3.63) is 23.3 Å². The average molecular weight is 379 g/mol. The summed E-state index contributed by atoms with van der Waals surface area (Å²) in [6.07, 6.45) is 2.64. The van der Waals surface area contributed by atoms with Crippen LogP contribution in [0.5, 0.6) is 0 Å². The summed E-state index contributed by atoms with van der Waals surface area (Å²) in [5.74, 6) is -0.108. The number of hydrogen-bond acceptors (Lipinski definition) is 3. The molecule has 0 N–H and O–H groups in total. The molecular formula is C19H32F3NO3. The van der Waals surface area contributed by atoms with Gasteiger partial charge in [-0.25, -0.2) is 0 Å². The van der Waals surface area contributed by atoms with Crippen molar-refractivity contribution in [1.29, 1.82) is 0 Å². The van der Waals surface area contributed by atoms with E-state index in [0.717, 1.165) is 30.4 Å². The Labute approximate surface area is 155 Å². The highest BCUT2D eigenvalue weighted by molar-refractivity contribution is 5.78. The zero-order valence-electron chi connectivity index (χ0n) is 15.2. The first-order valence-electron chi connectivity index (χ1n) is 8.30. The Hall–Kier alpha value is -1.63. The molecule has 1 atom stereocenters. The van der Waals surface area contributed by atoms with Crippen molar-refractivity contribution < 1.29 is 27.5 Å². The molecule has 0 spiro atoms. The number of ether oxygens (including phenoxy) is 1. The maximum atomic E-state index is 12.2. The summed E-state index contributed by atoms with van der Waals surface area (Å²) in [5.41, 5.74) is 2.21. The molecule has 0 radical (unpaired) electrons. The number of carbonyl (C=O) groups excluding carboxylic acids is 2. The number of hydrogen-bond donors (Lipinski definition) is 0. The Morgan fingerprint density at radius 3 is 2.38 bits per heavy atom. The van der Waals surface area contributed by atoms with Crippen LogP contribution < -0.4 is 0 Å². The van der Waals surface area contributed by atoms with Crippen LogP contribution >= 0.6 is 0 Å². The number of amides is 1. The van der Waals surface area contributed by atoms with Gasteiger partial charge in [-0.05, 0) is 31.3 Å². The zero-order valence-corrected chi connectivity index (χ0v) is 15.2. The molecule has 1 rings (SSSR count). The van der Waals surface area contributed by atoms with Crippen LogP contribution in [0, 0.1) is 5.92 Å². The molecule has 0 heterocycles. The van der Waals surface area contributed by atoms with Crippen LogP contribution in [-0.4, -0.2) is 50.1 Å². The molecule has 0 aromatic carbocycles. The third kappa shape index (κ3) is 11.1. The number of allylic oxidation sites excluding steroid dienone is 2. The lowest BCUT2D eigenvalue weighted by Gasteiger charge is -2.28. The third-order valence-corrected chi connectivity index (χ3v) is 3.95. The van der Waals surface area contributed by atoms with Crippen LogP contribution in [0.1, 0.15) is 47.5 Å². The van der Waals surface area contributed by atoms with Gasteiger partial charge < -0.3 is 14.4 Å². The summed E-state index contributed by atoms with van der Waals surface area (Å²) in [7, 11) is 0. The Morgan fingerprint density at radius 1 is 1.31 bits per heavy atom. The minimum atomic E-state index is -4.41. The fraction of sp³-hybridized carbons (Fsp3) is 0.684. The largest absolute Gasteiger partial charge is 0.411 e. The molecule has 0 saturated carbocycles. The van der Waals surface area contributed by atoms with Crippen molar-refractivity contribution in [2.45, 2.75) is 53.6 Å². The molecule has 1 aliphatic rings. The predicted molar refractivity (Wildman–Crippen MR) is 97.8 cm³/mol. The highest BCUT2D eigenvalue weighted by Gasteiger charge is 2.28. The molecule has 0 fully saturated rings. The SMILES string of the molecule is C.C=O.CC[C@@H](C)CN(CC1=CCCC=C1C)C(=O)COCC(F)(F)F. The molecule has 0 bridgehead atoms. The quantitative estimate of drug-likeness (QED) is 0.621. The van der Waals surface area contributed by atoms with Crippen molar-refractivity contribution in [2.75, 3.05) is 26.3 Å². The monoisotopic (exact) mass is 379 g/mol. The van der Waals surface area contributed by atoms with Crippen molar-refractivity contribution in [3.8, 4) is 0 Å². The van der Waals surface area contributed by atoms with Gasteiger partial charge in [-0.1, -0.05) is 45.4 Å². The first-order chi connectivity index (χ1) is 11.7. The Balaban J connectivity index is 0. The second-order valence-electron chi connectivity index (χ2n) is 6.09. The second kappa shape index (κ2) is 13.6. The lowest BCUT2D eigenvalue weighted by atomic mass is 9.98. The second-order valence-corrected chi connectivity index (χ2v) is 6.09. The van der Waals surface area contributed by atoms with Gasteiger partial charge in [0.25, 0.3) is 0 Å². The van der Waals surface area contributed by atoms with Gasteiger partial charge in [-0.3, -0.25) is 4.79 Å². The molecule has 1 amide bonds. The van der Waals surface area contributed by atoms with Crippen molar-refractivity contribution in [3.63, 3.8) is 0 Å². The Bertz CT molecular complexity index is 473. The number of nitrogens with zero attached hydrogens (tertiary/aromatic N) is 1. The van der Waals surface area contributed by atoms with E-state index < -0.39 is 25.3 Å². The molecule has 0 saturated heterocycles. The number of carbonyl (C=O) groups is 2. The minimum absolute atomic E-state index is 0. The van der Waals surface area contributed by atoms with E-state index in [1.54, 1.807) is 4.90 Å². The van der Waals surface area contributed by atoms with Crippen molar-refractivity contribution in [1.82, 2.24) is 4.90 Å². The van der Waals surface area contributed by atoms with E-state index in [0.29, 0.717) is 13.1 Å². The van der Waals surface area contributed by atoms with Crippen LogP contribution in [0.2, 0.25) is 0 Å². The van der Waals surface area contributed by atoms with Crippen LogP contribution in [0.4, 0.5) is 13.2 Å². The van der Waals surface area contributed by atoms with Crippen LogP contribution in [-0.2, 0) is 14.3 Å². The standard InChI is InChI=1S/C17H26F3NO2.CH2O.CH4/c1-4-13(2)9-21(10-15-8-6-5-7-14(15)3)16(22)11-23-12-17(18,19)20;1-2;/h7-8,13H,4-6,9-12H2,1-3H3;1H2;1H4/t13-;;/m1../s1. The Morgan fingerprint density at radius 2 is 1.88 bits per heavy atom. The third-order valence-electron chi connectivity index (χ3n) is 3.95. The topological polar surface area (TPSA) is 46.6 Å². The fourth-order valence-corrected chi connectivity index (χ4v) is 2.35. The number of rotatable bonds is 8. The van der Waals surface area contributed by atoms with E-state index in [2.05, 4.69) is 16.9 Å². The van der Waals surface area contributed by atoms with Gasteiger partial charge in [0.2, 0.25) is 5.91 Å². The normalized spacial score (nSPS) is 14.8. The van der Waals surface area contributed by atoms with Gasteiger partial charge >= 0.3 is 6.18 Å². The van der Waals surface area contributed by atoms with Gasteiger partial charge in [0, 0.05) is 13.1 Å². The van der Waals surface area contributed by atoms with Crippen LogP contribution in [0.3, 0.4) is 0 Å². The minimum Gasteiger partial charge on any atom is -0.362 e. The fourth-order valence-electron chi connectivity index (χ4n) is 2.35. The van der Waals surface area contributed by atoms with E-state index in [9.17, 15) is 18.0 Å². The summed E-state index contributed by atoms with van der Waals surface area (Å²) in [6.45, 7) is 7.07. The molecule has 26 heavy (non-hydrogen) atoms. The maximum absolute atomic E-state index is 12.2. The molecule has 0 unspecified atom stereocenters. The molecule has 7 heteroatoms. The molecular weight excluding hydrogens is 347 g/mol. The summed E-state index contributed by atoms with van der Waals surface area (Å²) >= 11 is 0.